The molecule has 8 amide bonds. The zero-order valence-corrected chi connectivity index (χ0v) is 69.1. The van der Waals surface area contributed by atoms with Gasteiger partial charge in [-0.15, -0.1) is 0 Å². The number of aromatic hydroxyl groups is 3. The molecule has 5 aromatic carbocycles. The summed E-state index contributed by atoms with van der Waals surface area (Å²) in [7, 11) is 0. The molecule has 18 atom stereocenters. The highest BCUT2D eigenvalue weighted by Crippen LogP contribution is 2.50. The maximum Gasteiger partial charge on any atom is 0.330 e. The van der Waals surface area contributed by atoms with Gasteiger partial charge in [-0.05, 0) is 128 Å². The largest absolute Gasteiger partial charge is 0.508 e. The minimum absolute atomic E-state index is 0.00496. The van der Waals surface area contributed by atoms with E-state index in [2.05, 4.69) is 54.8 Å². The number of ether oxygens (including phenoxy) is 6. The fourth-order valence-electron chi connectivity index (χ4n) is 15.2. The smallest absolute Gasteiger partial charge is 0.330 e. The van der Waals surface area contributed by atoms with Crippen molar-refractivity contribution in [3.05, 3.63) is 117 Å². The molecule has 22 N–H and O–H groups in total. The monoisotopic (exact) mass is 1710 g/mol. The molecule has 5 aromatic rings. The van der Waals surface area contributed by atoms with Crippen LogP contribution in [0.15, 0.2) is 78.9 Å². The van der Waals surface area contributed by atoms with E-state index in [1.54, 1.807) is 27.7 Å². The summed E-state index contributed by atoms with van der Waals surface area (Å²) >= 11 is 14.4. The number of phenols is 3. The van der Waals surface area contributed by atoms with Crippen molar-refractivity contribution in [1.29, 1.82) is 0 Å². The summed E-state index contributed by atoms with van der Waals surface area (Å²) in [5.41, 5.74) is 8.08. The van der Waals surface area contributed by atoms with Gasteiger partial charge in [0, 0.05) is 60.8 Å². The second kappa shape index (κ2) is 41.2. The van der Waals surface area contributed by atoms with Crippen LogP contribution in [0.25, 0.3) is 11.1 Å². The van der Waals surface area contributed by atoms with Gasteiger partial charge in [-0.25, -0.2) is 4.79 Å². The lowest BCUT2D eigenvalue weighted by Crippen LogP contribution is -2.66. The highest BCUT2D eigenvalue weighted by atomic mass is 35.5. The second-order valence-corrected chi connectivity index (χ2v) is 32.9. The van der Waals surface area contributed by atoms with Crippen molar-refractivity contribution in [3.63, 3.8) is 0 Å². The van der Waals surface area contributed by atoms with Gasteiger partial charge in [0.05, 0.1) is 28.7 Å². The number of hydrogen-bond donors (Lipinski definition) is 20. The number of phenolic OH excluding ortho intramolecular Hbond substituents is 3. The Morgan fingerprint density at radius 3 is 1.89 bits per heavy atom. The molecule has 0 saturated carbocycles. The number of primary amides is 1. The second-order valence-electron chi connectivity index (χ2n) is 32.0. The topological polar surface area (TPSA) is 551 Å². The molecule has 2 fully saturated rings. The van der Waals surface area contributed by atoms with E-state index >= 15 is 19.2 Å². The van der Waals surface area contributed by atoms with Crippen LogP contribution < -0.4 is 73.5 Å². The maximum atomic E-state index is 16.3. The van der Waals surface area contributed by atoms with Crippen LogP contribution in [0.1, 0.15) is 190 Å². The van der Waals surface area contributed by atoms with Crippen molar-refractivity contribution >= 4 is 76.4 Å². The molecular weight excluding hydrogens is 1610 g/mol. The number of aliphatic carboxylic acids is 1. The minimum atomic E-state index is -2.37. The molecule has 0 unspecified atom stereocenters. The van der Waals surface area contributed by atoms with E-state index in [1.165, 1.54) is 50.3 Å². The number of aliphatic hydroxyl groups is 5. The molecule has 7 aliphatic heterocycles. The van der Waals surface area contributed by atoms with Gasteiger partial charge in [0.15, 0.2) is 29.9 Å². The molecule has 35 nitrogen and oxygen atoms in total. The number of benzene rings is 5. The molecule has 120 heavy (non-hydrogen) atoms. The molecule has 0 spiro atoms. The Labute approximate surface area is 702 Å². The normalized spacial score (nSPS) is 26.7. The summed E-state index contributed by atoms with van der Waals surface area (Å²) in [4.78, 5) is 133. The number of halogens is 2. The fourth-order valence-corrected chi connectivity index (χ4v) is 15.6. The van der Waals surface area contributed by atoms with Gasteiger partial charge in [0.1, 0.15) is 95.5 Å². The van der Waals surface area contributed by atoms with E-state index in [1.807, 2.05) is 13.8 Å². The van der Waals surface area contributed by atoms with E-state index in [0.717, 1.165) is 86.5 Å². The third kappa shape index (κ3) is 22.7. The van der Waals surface area contributed by atoms with Crippen LogP contribution in [0.3, 0.4) is 0 Å². The lowest BCUT2D eigenvalue weighted by atomic mass is 9.85. The lowest BCUT2D eigenvalue weighted by Gasteiger charge is -2.48. The number of aliphatic hydroxyl groups excluding tert-OH is 5. The summed E-state index contributed by atoms with van der Waals surface area (Å²) in [6, 6.07) is -1.05. The van der Waals surface area contributed by atoms with Gasteiger partial charge < -0.3 is 134 Å². The summed E-state index contributed by atoms with van der Waals surface area (Å²) in [6.45, 7) is 14.1. The van der Waals surface area contributed by atoms with Crippen LogP contribution in [0.4, 0.5) is 0 Å². The van der Waals surface area contributed by atoms with Gasteiger partial charge >= 0.3 is 5.97 Å². The highest BCUT2D eigenvalue weighted by molar-refractivity contribution is 6.32. The fraction of sp³-hybridized carbons (Fsp3) is 0.530. The molecule has 0 aliphatic carbocycles. The van der Waals surface area contributed by atoms with Crippen LogP contribution >= 0.6 is 23.2 Å². The molecule has 654 valence electrons. The van der Waals surface area contributed by atoms with Crippen molar-refractivity contribution in [3.8, 4) is 57.1 Å². The van der Waals surface area contributed by atoms with Crippen molar-refractivity contribution < 1.29 is 118 Å². The van der Waals surface area contributed by atoms with Crippen LogP contribution in [-0.4, -0.2) is 204 Å². The summed E-state index contributed by atoms with van der Waals surface area (Å²) in [6.07, 6.45) is -8.39. The first-order valence-corrected chi connectivity index (χ1v) is 41.1. The number of carboxylic acid groups (broad SMARTS) is 1. The molecular formula is C83H109Cl2N11O24. The Kier molecular flexibility index (Phi) is 31.8. The number of nitrogens with two attached hydrogens (primary N) is 2. The quantitative estimate of drug-likeness (QED) is 0.0287. The first kappa shape index (κ1) is 92.6. The predicted octanol–water partition coefficient (Wildman–Crippen LogP) is 4.77. The lowest BCUT2D eigenvalue weighted by molar-refractivity contribution is -0.331. The molecule has 2 saturated heterocycles. The average molecular weight is 1720 g/mol. The van der Waals surface area contributed by atoms with Crippen LogP contribution in [0.5, 0.6) is 46.0 Å². The van der Waals surface area contributed by atoms with E-state index in [-0.39, 0.29) is 64.3 Å². The molecule has 12 rings (SSSR count). The number of carboxylic acids is 1. The number of carbonyl (C=O) groups is 9. The van der Waals surface area contributed by atoms with Crippen molar-refractivity contribution in [2.75, 3.05) is 26.2 Å². The van der Waals surface area contributed by atoms with E-state index in [0.29, 0.717) is 19.5 Å². The Bertz CT molecular complexity index is 4550. The first-order valence-electron chi connectivity index (χ1n) is 40.3. The molecule has 37 heteroatoms. The third-order valence-electron chi connectivity index (χ3n) is 21.8. The molecule has 0 aromatic heterocycles. The van der Waals surface area contributed by atoms with Crippen LogP contribution in [0.2, 0.25) is 10.0 Å². The van der Waals surface area contributed by atoms with Gasteiger partial charge in [-0.2, -0.15) is 0 Å². The Morgan fingerprint density at radius 2 is 1.27 bits per heavy atom. The standard InChI is InChI=1S/C83H109Cl2N11O24/c1-8-9-10-11-12-13-14-15-24-88-25-26-89-83(7)36-61(115-40(6)74(83)106)119-73-71(105)70(104)58(37-86)118-82(73)120-72-56-31-44-32-57(72)117-55-22-19-43(30-49(55)85)69(103)67-80(112)94-65(81(113)114)47-33-45(97)34-53(99)62(47)46-28-41(17-20-52(46)98)63(77(109)96-67)93-78(110)64(44)92-76(108)51(35-59(87)100)91-79(111)66(68(102)42-18-21-54(116-56)48(84)29-42)95-75(107)50(27-39(4)5)90-60(101)23-16-38(2)3/h17-22,28-34,38-40,50-51,58,61,63-71,73-74,82,88-89,97-99,102-106H,8-16,23-27,35-37,86H2,1-7H3,(H2,87,100)(H,90,101)(H,91,111)(H,92,108)(H,93,110)(H,94,112)(H,95,107)(H,96,109)(H,113,114)/t40-,50+,51-,58+,61-,63+,64+,65-,66+,67-,68+,69+,70+,71-,73+,74+,82-,83-/m0/s1. The van der Waals surface area contributed by atoms with E-state index in [4.69, 9.17) is 63.1 Å². The number of nitrogens with one attached hydrogen (secondary N) is 9. The first-order chi connectivity index (χ1) is 57.0. The molecule has 7 heterocycles. The molecule has 0 radical (unpaired) electrons. The number of amides is 8. The Morgan fingerprint density at radius 1 is 0.658 bits per heavy atom. The van der Waals surface area contributed by atoms with Crippen molar-refractivity contribution in [1.82, 2.24) is 47.9 Å². The summed E-state index contributed by atoms with van der Waals surface area (Å²) in [5, 5.41) is 129. The van der Waals surface area contributed by atoms with Gasteiger partial charge in [-0.1, -0.05) is 121 Å². The number of carbonyl (C=O) groups excluding carboxylic acids is 8. The van der Waals surface area contributed by atoms with Gasteiger partial charge in [0.2, 0.25) is 59.3 Å². The maximum absolute atomic E-state index is 16.3. The van der Waals surface area contributed by atoms with Crippen LogP contribution in [0, 0.1) is 11.8 Å². The van der Waals surface area contributed by atoms with Crippen LogP contribution in [-0.2, 0) is 57.4 Å². The zero-order chi connectivity index (χ0) is 87.3. The predicted molar refractivity (Wildman–Crippen MR) is 434 cm³/mol. The Hall–Kier alpha value is -9.73. The SMILES string of the molecule is CCCCCCCCCCNCCN[C@@]1(C)C[C@H](O[C@H]2[C@H](Oc3c4cc5cc3Oc3ccc(cc3Cl)[C@@H](O)[C@@H](NC(=O)[C@@H](CC(C)C)NC(=O)CCC(C)C)C(=O)N[C@@H](CC(N)=O)C(=O)N[C@H]5C(=O)N[C@H]3C(=O)N[C@H](C(=O)N[C@H](C(=O)O)c5cc(O)cc(O)c5-c5cc3ccc5O)[C@H](O)c3ccc(c(Cl)c3)O4)O[C@H](CN)[C@@H](O)[C@@H]2O)O[C@@H](C)[C@H]1O. The number of hydrogen-bond acceptors (Lipinski definition) is 26. The van der Waals surface area contributed by atoms with E-state index in [9.17, 15) is 69.9 Å². The average Bonchev–Trinajstić information content (AvgIpc) is 0.765. The van der Waals surface area contributed by atoms with E-state index < -0.39 is 237 Å². The summed E-state index contributed by atoms with van der Waals surface area (Å²) in [5.74, 6) is -16.7. The zero-order valence-electron chi connectivity index (χ0n) is 67.6. The van der Waals surface area contributed by atoms with Crippen molar-refractivity contribution in [2.24, 2.45) is 23.3 Å². The number of unbranched alkanes of at least 4 members (excludes halogenated alkanes) is 7. The number of fused-ring (bicyclic) bond motifs is 15. The van der Waals surface area contributed by atoms with Gasteiger partial charge in [-0.3, -0.25) is 38.4 Å². The highest BCUT2D eigenvalue weighted by Gasteiger charge is 2.52. The Balaban J connectivity index is 1.15. The molecule has 11 bridgehead atoms. The number of rotatable bonds is 29. The summed E-state index contributed by atoms with van der Waals surface area (Å²) < 4.78 is 39.8. The van der Waals surface area contributed by atoms with Crippen molar-refractivity contribution in [2.45, 2.75) is 241 Å². The minimum Gasteiger partial charge on any atom is -0.508 e. The van der Waals surface area contributed by atoms with Gasteiger partial charge in [0.25, 0.3) is 0 Å². The molecule has 7 aliphatic rings. The third-order valence-corrected chi connectivity index (χ3v) is 22.4.